The zero-order chi connectivity index (χ0) is 13.4. The van der Waals surface area contributed by atoms with Gasteiger partial charge in [0.1, 0.15) is 0 Å². The maximum Gasteiger partial charge on any atom is 0.186 e. The van der Waals surface area contributed by atoms with Crippen molar-refractivity contribution in [2.75, 3.05) is 0 Å². The lowest BCUT2D eigenvalue weighted by Gasteiger charge is -2.18. The van der Waals surface area contributed by atoms with Gasteiger partial charge in [-0.3, -0.25) is 4.79 Å². The summed E-state index contributed by atoms with van der Waals surface area (Å²) in [6.45, 7) is 2.05. The van der Waals surface area contributed by atoms with Crippen LogP contribution in [0.4, 0.5) is 0 Å². The van der Waals surface area contributed by atoms with Gasteiger partial charge in [-0.15, -0.1) is 0 Å². The smallest absolute Gasteiger partial charge is 0.186 e. The van der Waals surface area contributed by atoms with Crippen molar-refractivity contribution in [3.63, 3.8) is 0 Å². The molecule has 94 valence electrons. The molecule has 0 atom stereocenters. The summed E-state index contributed by atoms with van der Waals surface area (Å²) in [6.07, 6.45) is 2.58. The van der Waals surface area contributed by atoms with Crippen LogP contribution >= 0.6 is 15.9 Å². The summed E-state index contributed by atoms with van der Waals surface area (Å²) >= 11 is 3.49. The molecule has 2 heteroatoms. The summed E-state index contributed by atoms with van der Waals surface area (Å²) in [7, 11) is 0. The largest absolute Gasteiger partial charge is 0.289 e. The topological polar surface area (TPSA) is 17.1 Å². The molecule has 3 rings (SSSR count). The predicted octanol–water partition coefficient (Wildman–Crippen LogP) is 4.58. The Balaban J connectivity index is 2.07. The second kappa shape index (κ2) is 4.78. The molecular formula is C17H13BrO. The van der Waals surface area contributed by atoms with Crippen LogP contribution in [0.1, 0.15) is 27.0 Å². The van der Waals surface area contributed by atoms with E-state index in [0.717, 1.165) is 33.2 Å². The van der Waals surface area contributed by atoms with Gasteiger partial charge in [-0.2, -0.15) is 0 Å². The third kappa shape index (κ3) is 2.28. The van der Waals surface area contributed by atoms with Crippen LogP contribution in [0.3, 0.4) is 0 Å². The van der Waals surface area contributed by atoms with Crippen molar-refractivity contribution in [3.05, 3.63) is 75.3 Å². The summed E-state index contributed by atoms with van der Waals surface area (Å²) in [6, 6.07) is 14.1. The Labute approximate surface area is 121 Å². The fourth-order valence-corrected chi connectivity index (χ4v) is 2.79. The van der Waals surface area contributed by atoms with Gasteiger partial charge in [-0.05, 0) is 47.8 Å². The summed E-state index contributed by atoms with van der Waals surface area (Å²) < 4.78 is 0.996. The Morgan fingerprint density at radius 3 is 2.58 bits per heavy atom. The molecular weight excluding hydrogens is 300 g/mol. The van der Waals surface area contributed by atoms with Crippen molar-refractivity contribution in [3.8, 4) is 0 Å². The third-order valence-electron chi connectivity index (χ3n) is 3.48. The number of hydrogen-bond acceptors (Lipinski definition) is 1. The molecule has 0 N–H and O–H groups in total. The van der Waals surface area contributed by atoms with Gasteiger partial charge in [-0.25, -0.2) is 0 Å². The first kappa shape index (κ1) is 12.4. The highest BCUT2D eigenvalue weighted by molar-refractivity contribution is 9.10. The molecule has 0 saturated carbocycles. The van der Waals surface area contributed by atoms with E-state index in [1.54, 1.807) is 6.08 Å². The first-order chi connectivity index (χ1) is 9.15. The number of benzene rings is 2. The molecule has 2 aromatic carbocycles. The van der Waals surface area contributed by atoms with Crippen LogP contribution in [-0.4, -0.2) is 5.78 Å². The number of rotatable bonds is 1. The minimum absolute atomic E-state index is 0.0980. The van der Waals surface area contributed by atoms with Gasteiger partial charge in [0.15, 0.2) is 5.78 Å². The maximum absolute atomic E-state index is 12.2. The summed E-state index contributed by atoms with van der Waals surface area (Å²) in [4.78, 5) is 12.2. The predicted molar refractivity (Wildman–Crippen MR) is 81.3 cm³/mol. The minimum atomic E-state index is 0.0980. The number of ketones is 1. The zero-order valence-electron chi connectivity index (χ0n) is 10.6. The van der Waals surface area contributed by atoms with E-state index in [4.69, 9.17) is 0 Å². The Morgan fingerprint density at radius 1 is 1.11 bits per heavy atom. The molecule has 0 radical (unpaired) electrons. The van der Waals surface area contributed by atoms with Gasteiger partial charge in [0.25, 0.3) is 0 Å². The van der Waals surface area contributed by atoms with Gasteiger partial charge < -0.3 is 0 Å². The molecule has 1 nitrogen and oxygen atoms in total. The number of fused-ring (bicyclic) bond motifs is 1. The number of hydrogen-bond donors (Lipinski definition) is 0. The highest BCUT2D eigenvalue weighted by Gasteiger charge is 2.19. The number of carbonyl (C=O) groups is 1. The second-order valence-electron chi connectivity index (χ2n) is 4.84. The van der Waals surface area contributed by atoms with Crippen LogP contribution in [0.15, 0.2) is 53.0 Å². The Morgan fingerprint density at radius 2 is 1.84 bits per heavy atom. The molecule has 1 aliphatic rings. The normalized spacial score (nSPS) is 14.0. The van der Waals surface area contributed by atoms with E-state index in [9.17, 15) is 4.79 Å². The van der Waals surface area contributed by atoms with Crippen molar-refractivity contribution in [2.24, 2.45) is 0 Å². The third-order valence-corrected chi connectivity index (χ3v) is 4.34. The van der Waals surface area contributed by atoms with Crippen LogP contribution in [0.25, 0.3) is 5.57 Å². The van der Waals surface area contributed by atoms with Gasteiger partial charge >= 0.3 is 0 Å². The second-order valence-corrected chi connectivity index (χ2v) is 5.69. The first-order valence-corrected chi connectivity index (χ1v) is 7.04. The molecule has 0 saturated heterocycles. The number of carbonyl (C=O) groups excluding carboxylic acids is 1. The summed E-state index contributed by atoms with van der Waals surface area (Å²) in [5.74, 6) is 0.0980. The van der Waals surface area contributed by atoms with E-state index in [1.165, 1.54) is 5.56 Å². The van der Waals surface area contributed by atoms with Crippen LogP contribution < -0.4 is 0 Å². The molecule has 0 aliphatic heterocycles. The van der Waals surface area contributed by atoms with E-state index < -0.39 is 0 Å². The Hall–Kier alpha value is -1.67. The fourth-order valence-electron chi connectivity index (χ4n) is 2.45. The molecule has 0 amide bonds. The monoisotopic (exact) mass is 312 g/mol. The molecule has 2 aromatic rings. The van der Waals surface area contributed by atoms with Crippen LogP contribution in [0.5, 0.6) is 0 Å². The van der Waals surface area contributed by atoms with Crippen molar-refractivity contribution >= 4 is 27.3 Å². The highest BCUT2D eigenvalue weighted by atomic mass is 79.9. The SMILES string of the molecule is Cc1cc2c(cc1Br)C(=O)C=C(c1ccccc1)C2. The van der Waals surface area contributed by atoms with E-state index in [-0.39, 0.29) is 5.78 Å². The van der Waals surface area contributed by atoms with Gasteiger partial charge in [0.05, 0.1) is 0 Å². The van der Waals surface area contributed by atoms with Crippen molar-refractivity contribution in [1.29, 1.82) is 0 Å². The van der Waals surface area contributed by atoms with E-state index >= 15 is 0 Å². The lowest BCUT2D eigenvalue weighted by atomic mass is 9.86. The standard InChI is InChI=1S/C17H13BrO/c1-11-7-14-8-13(12-5-3-2-4-6-12)9-17(19)15(14)10-16(11)18/h2-7,9-10H,8H2,1H3. The molecule has 19 heavy (non-hydrogen) atoms. The average molecular weight is 313 g/mol. The van der Waals surface area contributed by atoms with E-state index in [1.807, 2.05) is 24.3 Å². The minimum Gasteiger partial charge on any atom is -0.289 e. The molecule has 0 spiro atoms. The lowest BCUT2D eigenvalue weighted by Crippen LogP contribution is -2.10. The summed E-state index contributed by atoms with van der Waals surface area (Å²) in [5, 5.41) is 0. The van der Waals surface area contributed by atoms with Crippen molar-refractivity contribution in [1.82, 2.24) is 0 Å². The van der Waals surface area contributed by atoms with Crippen molar-refractivity contribution < 1.29 is 4.79 Å². The zero-order valence-corrected chi connectivity index (χ0v) is 12.2. The average Bonchev–Trinajstić information content (AvgIpc) is 2.42. The number of allylic oxidation sites excluding steroid dienone is 2. The van der Waals surface area contributed by atoms with Crippen LogP contribution in [0.2, 0.25) is 0 Å². The fraction of sp³-hybridized carbons (Fsp3) is 0.118. The van der Waals surface area contributed by atoms with Crippen molar-refractivity contribution in [2.45, 2.75) is 13.3 Å². The van der Waals surface area contributed by atoms with Gasteiger partial charge in [-0.1, -0.05) is 52.3 Å². The number of aryl methyl sites for hydroxylation is 1. The molecule has 1 aliphatic carbocycles. The maximum atomic E-state index is 12.2. The van der Waals surface area contributed by atoms with E-state index in [0.29, 0.717) is 0 Å². The van der Waals surface area contributed by atoms with E-state index in [2.05, 4.69) is 41.1 Å². The van der Waals surface area contributed by atoms with Crippen LogP contribution in [0, 0.1) is 6.92 Å². The van der Waals surface area contributed by atoms with Crippen LogP contribution in [-0.2, 0) is 6.42 Å². The quantitative estimate of drug-likeness (QED) is 0.753. The van der Waals surface area contributed by atoms with Gasteiger partial charge in [0, 0.05) is 10.0 Å². The molecule has 0 unspecified atom stereocenters. The lowest BCUT2D eigenvalue weighted by molar-refractivity contribution is 0.104. The molecule has 0 fully saturated rings. The highest BCUT2D eigenvalue weighted by Crippen LogP contribution is 2.31. The Kier molecular flexibility index (Phi) is 3.11. The summed E-state index contributed by atoms with van der Waals surface area (Å²) in [5.41, 5.74) is 5.33. The molecule has 0 bridgehead atoms. The molecule has 0 aromatic heterocycles. The van der Waals surface area contributed by atoms with Gasteiger partial charge in [0.2, 0.25) is 0 Å². The Bertz CT molecular complexity index is 684. The number of halogens is 1. The first-order valence-electron chi connectivity index (χ1n) is 6.24. The molecule has 0 heterocycles.